The van der Waals surface area contributed by atoms with Crippen LogP contribution in [0.1, 0.15) is 26.7 Å². The van der Waals surface area contributed by atoms with Crippen LogP contribution in [0.2, 0.25) is 0 Å². The van der Waals surface area contributed by atoms with Gasteiger partial charge in [0.2, 0.25) is 0 Å². The summed E-state index contributed by atoms with van der Waals surface area (Å²) in [7, 11) is 0. The van der Waals surface area contributed by atoms with Gasteiger partial charge in [-0.1, -0.05) is 0 Å². The number of hydrogen-bond donors (Lipinski definition) is 0. The molecule has 0 saturated heterocycles. The van der Waals surface area contributed by atoms with Gasteiger partial charge in [0.15, 0.2) is 0 Å². The summed E-state index contributed by atoms with van der Waals surface area (Å²) in [6.45, 7) is 4.69. The van der Waals surface area contributed by atoms with Crippen molar-refractivity contribution >= 4 is 38.0 Å². The molecule has 0 atom stereocenters. The van der Waals surface area contributed by atoms with Crippen molar-refractivity contribution < 1.29 is 0 Å². The molecule has 0 amide bonds. The van der Waals surface area contributed by atoms with Gasteiger partial charge in [-0.15, -0.1) is 0 Å². The summed E-state index contributed by atoms with van der Waals surface area (Å²) in [6.07, 6.45) is 2.66. The minimum atomic E-state index is 0.592. The molecule has 14 heavy (non-hydrogen) atoms. The first kappa shape index (κ1) is 11.2. The molecule has 0 saturated carbocycles. The van der Waals surface area contributed by atoms with E-state index in [0.29, 0.717) is 19.9 Å². The molecule has 1 aliphatic heterocycles. The Labute approximate surface area is 101 Å². The molecule has 0 unspecified atom stereocenters. The molecular weight excluding hydrogens is 275 g/mol. The predicted molar refractivity (Wildman–Crippen MR) is 67.8 cm³/mol. The summed E-state index contributed by atoms with van der Waals surface area (Å²) in [4.78, 5) is 8.06. The average molecular weight is 291 g/mol. The Bertz CT molecular complexity index is 277. The molecule has 78 valence electrons. The maximum absolute atomic E-state index is 2.45. The van der Waals surface area contributed by atoms with Crippen LogP contribution in [0, 0.1) is 5.41 Å². The van der Waals surface area contributed by atoms with Crippen LogP contribution in [-0.2, 0) is 0 Å². The van der Waals surface area contributed by atoms with Gasteiger partial charge in [0.05, 0.1) is 0 Å². The van der Waals surface area contributed by atoms with Crippen LogP contribution >= 0.6 is 23.5 Å². The monoisotopic (exact) mass is 292 g/mol. The molecule has 0 radical (unpaired) electrons. The van der Waals surface area contributed by atoms with Gasteiger partial charge in [0, 0.05) is 0 Å². The van der Waals surface area contributed by atoms with E-state index in [9.17, 15) is 0 Å². The van der Waals surface area contributed by atoms with Crippen LogP contribution in [0.5, 0.6) is 0 Å². The van der Waals surface area contributed by atoms with Gasteiger partial charge >= 0.3 is 101 Å². The van der Waals surface area contributed by atoms with Crippen LogP contribution in [-0.4, -0.2) is 26.0 Å². The zero-order valence-corrected chi connectivity index (χ0v) is 12.1. The molecule has 0 N–H and O–H groups in total. The maximum atomic E-state index is 2.45. The Morgan fingerprint density at radius 2 is 1.64 bits per heavy atom. The van der Waals surface area contributed by atoms with Crippen molar-refractivity contribution in [3.05, 3.63) is 9.88 Å². The van der Waals surface area contributed by atoms with E-state index in [4.69, 9.17) is 0 Å². The van der Waals surface area contributed by atoms with Crippen molar-refractivity contribution in [1.82, 2.24) is 0 Å². The molecule has 0 aliphatic carbocycles. The van der Waals surface area contributed by atoms with E-state index in [2.05, 4.69) is 47.3 Å². The van der Waals surface area contributed by atoms with Gasteiger partial charge in [-0.2, -0.15) is 0 Å². The second-order valence-corrected chi connectivity index (χ2v) is 7.48. The Balaban J connectivity index is 2.16. The van der Waals surface area contributed by atoms with Gasteiger partial charge in [-0.25, -0.2) is 0 Å². The summed E-state index contributed by atoms with van der Waals surface area (Å²) in [6, 6.07) is 0. The molecule has 3 heteroatoms. The number of fused-ring (bicyclic) bond motifs is 1. The van der Waals surface area contributed by atoms with E-state index >= 15 is 0 Å². The molecular formula is C11H16S2Se. The summed E-state index contributed by atoms with van der Waals surface area (Å²) in [5.41, 5.74) is 0.592. The third-order valence-corrected chi connectivity index (χ3v) is 8.33. The summed E-state index contributed by atoms with van der Waals surface area (Å²) in [5.74, 6) is 2.65. The summed E-state index contributed by atoms with van der Waals surface area (Å²) >= 11 is 4.85. The van der Waals surface area contributed by atoms with Crippen LogP contribution in [0.3, 0.4) is 0 Å². The molecule has 0 aromatic carbocycles. The third-order valence-electron chi connectivity index (χ3n) is 3.16. The molecule has 1 aromatic rings. The van der Waals surface area contributed by atoms with Crippen LogP contribution in [0.15, 0.2) is 19.7 Å². The third kappa shape index (κ3) is 2.11. The Hall–Kier alpha value is 0.699. The van der Waals surface area contributed by atoms with Crippen molar-refractivity contribution in [2.75, 3.05) is 11.5 Å². The first-order chi connectivity index (χ1) is 6.79. The second kappa shape index (κ2) is 4.69. The zero-order valence-electron chi connectivity index (χ0n) is 8.71. The fourth-order valence-electron chi connectivity index (χ4n) is 1.65. The molecule has 0 bridgehead atoms. The van der Waals surface area contributed by atoms with Crippen molar-refractivity contribution in [2.45, 2.75) is 36.5 Å². The van der Waals surface area contributed by atoms with E-state index < -0.39 is 0 Å². The van der Waals surface area contributed by atoms with Crippen LogP contribution in [0.25, 0.3) is 0 Å². The second-order valence-electron chi connectivity index (χ2n) is 3.88. The standard InChI is InChI=1S/C11H16S2Se/c1-3-11(4-2)7-12-9-5-14-6-10(9)13-8-11/h5-6H,3-4,7-8H2,1-2H3. The van der Waals surface area contributed by atoms with Gasteiger partial charge < -0.3 is 0 Å². The van der Waals surface area contributed by atoms with Crippen molar-refractivity contribution in [3.63, 3.8) is 0 Å². The fraction of sp³-hybridized carbons (Fsp3) is 0.636. The number of rotatable bonds is 2. The number of thioether (sulfide) groups is 2. The van der Waals surface area contributed by atoms with E-state index in [1.54, 1.807) is 9.79 Å². The van der Waals surface area contributed by atoms with Gasteiger partial charge in [0.25, 0.3) is 0 Å². The van der Waals surface area contributed by atoms with E-state index in [1.165, 1.54) is 24.3 Å². The van der Waals surface area contributed by atoms with E-state index in [0.717, 1.165) is 0 Å². The van der Waals surface area contributed by atoms with E-state index in [-0.39, 0.29) is 0 Å². The van der Waals surface area contributed by atoms with Crippen LogP contribution in [0.4, 0.5) is 0 Å². The van der Waals surface area contributed by atoms with E-state index in [1.807, 2.05) is 0 Å². The first-order valence-corrected chi connectivity index (χ1v) is 9.06. The molecule has 0 nitrogen and oxygen atoms in total. The Morgan fingerprint density at radius 3 is 2.07 bits per heavy atom. The Morgan fingerprint density at radius 1 is 1.14 bits per heavy atom. The summed E-state index contributed by atoms with van der Waals surface area (Å²) in [5, 5.41) is 0. The molecule has 2 rings (SSSR count). The molecule has 2 heterocycles. The molecule has 0 fully saturated rings. The first-order valence-electron chi connectivity index (χ1n) is 5.11. The minimum absolute atomic E-state index is 0.592. The SMILES string of the molecule is CCC1(CC)CSc2c[se]cc2SC1. The summed E-state index contributed by atoms with van der Waals surface area (Å²) < 4.78 is 0. The average Bonchev–Trinajstić information content (AvgIpc) is 2.61. The van der Waals surface area contributed by atoms with Crippen molar-refractivity contribution in [3.8, 4) is 0 Å². The molecule has 1 aliphatic rings. The predicted octanol–water partition coefficient (Wildman–Crippen LogP) is 3.75. The topological polar surface area (TPSA) is 0 Å². The Kier molecular flexibility index (Phi) is 3.75. The van der Waals surface area contributed by atoms with Crippen LogP contribution < -0.4 is 0 Å². The van der Waals surface area contributed by atoms with Crippen molar-refractivity contribution in [1.29, 1.82) is 0 Å². The van der Waals surface area contributed by atoms with Gasteiger partial charge in [-0.05, 0) is 0 Å². The quantitative estimate of drug-likeness (QED) is 0.761. The number of hydrogen-bond acceptors (Lipinski definition) is 2. The van der Waals surface area contributed by atoms with Crippen molar-refractivity contribution in [2.24, 2.45) is 5.41 Å². The normalized spacial score (nSPS) is 20.1. The molecule has 1 aromatic heterocycles. The van der Waals surface area contributed by atoms with Gasteiger partial charge in [-0.3, -0.25) is 0 Å². The van der Waals surface area contributed by atoms with Gasteiger partial charge in [0.1, 0.15) is 0 Å². The fourth-order valence-corrected chi connectivity index (χ4v) is 7.58. The molecule has 0 spiro atoms. The zero-order chi connectivity index (χ0) is 10.0.